The number of carbonyl (C=O) groups is 3. The van der Waals surface area contributed by atoms with Gasteiger partial charge in [0.25, 0.3) is 11.8 Å². The van der Waals surface area contributed by atoms with E-state index in [9.17, 15) is 24.6 Å². The summed E-state index contributed by atoms with van der Waals surface area (Å²) in [6.45, 7) is 1.94. The highest BCUT2D eigenvalue weighted by Gasteiger charge is 2.40. The van der Waals surface area contributed by atoms with Crippen molar-refractivity contribution in [2.45, 2.75) is 37.1 Å². The molecular formula is C33H28N2O7S. The molecule has 6 rings (SSSR count). The molecule has 1 saturated heterocycles. The highest BCUT2D eigenvalue weighted by Crippen LogP contribution is 2.44. The first-order chi connectivity index (χ1) is 20.9. The molecule has 0 aliphatic carbocycles. The van der Waals surface area contributed by atoms with Crippen LogP contribution in [0.4, 0.5) is 5.69 Å². The van der Waals surface area contributed by atoms with Crippen LogP contribution < -0.4 is 4.90 Å². The second kappa shape index (κ2) is 12.1. The van der Waals surface area contributed by atoms with E-state index >= 15 is 0 Å². The lowest BCUT2D eigenvalue weighted by Crippen LogP contribution is -2.38. The smallest absolute Gasteiger partial charge is 0.338 e. The van der Waals surface area contributed by atoms with Crippen LogP contribution in [0.5, 0.6) is 0 Å². The minimum absolute atomic E-state index is 0.0764. The monoisotopic (exact) mass is 596 g/mol. The van der Waals surface area contributed by atoms with Gasteiger partial charge in [-0.3, -0.25) is 9.59 Å². The van der Waals surface area contributed by atoms with Crippen LogP contribution >= 0.6 is 11.8 Å². The molecule has 43 heavy (non-hydrogen) atoms. The minimum atomic E-state index is -1.05. The molecule has 0 bridgehead atoms. The van der Waals surface area contributed by atoms with E-state index in [-0.39, 0.29) is 24.2 Å². The number of benzene rings is 3. The minimum Gasteiger partial charge on any atom is -0.478 e. The maximum absolute atomic E-state index is 13.1. The average molecular weight is 597 g/mol. The number of aliphatic hydroxyl groups excluding tert-OH is 1. The summed E-state index contributed by atoms with van der Waals surface area (Å²) in [7, 11) is 0. The summed E-state index contributed by atoms with van der Waals surface area (Å²) in [5, 5.41) is 19.5. The number of nitrogens with zero attached hydrogens (tertiary/aromatic N) is 2. The van der Waals surface area contributed by atoms with E-state index in [2.05, 4.69) is 4.98 Å². The number of hydrogen-bond donors (Lipinski definition) is 2. The highest BCUT2D eigenvalue weighted by molar-refractivity contribution is 7.99. The zero-order valence-electron chi connectivity index (χ0n) is 23.1. The van der Waals surface area contributed by atoms with Crippen molar-refractivity contribution in [3.63, 3.8) is 0 Å². The Bertz CT molecular complexity index is 1660. The van der Waals surface area contributed by atoms with Gasteiger partial charge >= 0.3 is 5.97 Å². The summed E-state index contributed by atoms with van der Waals surface area (Å²) < 4.78 is 13.0. The highest BCUT2D eigenvalue weighted by atomic mass is 32.2. The SMILES string of the molecule is C[C@@H]1[C@H](CSc2ncccc2C(=O)O)O[C@H](c2cccc(N3C(=O)c4ccccc4C3=O)c2)O[C@@H]1c1ccc(CO)cc1. The molecule has 2 aliphatic rings. The lowest BCUT2D eigenvalue weighted by Gasteiger charge is -2.41. The molecular weight excluding hydrogens is 568 g/mol. The molecule has 0 spiro atoms. The van der Waals surface area contributed by atoms with Crippen molar-refractivity contribution in [1.82, 2.24) is 4.98 Å². The lowest BCUT2D eigenvalue weighted by atomic mass is 9.91. The molecule has 4 aromatic rings. The molecule has 2 N–H and O–H groups in total. The number of anilines is 1. The number of hydrogen-bond acceptors (Lipinski definition) is 8. The van der Waals surface area contributed by atoms with Crippen molar-refractivity contribution in [3.05, 3.63) is 125 Å². The Hall–Kier alpha value is -4.35. The van der Waals surface area contributed by atoms with Crippen LogP contribution in [0, 0.1) is 5.92 Å². The van der Waals surface area contributed by atoms with Crippen molar-refractivity contribution in [2.75, 3.05) is 10.7 Å². The fraction of sp³-hybridized carbons (Fsp3) is 0.212. The number of carboxylic acid groups (broad SMARTS) is 1. The zero-order valence-corrected chi connectivity index (χ0v) is 23.9. The third-order valence-corrected chi connectivity index (χ3v) is 8.80. The number of pyridine rings is 1. The zero-order chi connectivity index (χ0) is 30.1. The first-order valence-corrected chi connectivity index (χ1v) is 14.7. The molecule has 0 radical (unpaired) electrons. The van der Waals surface area contributed by atoms with E-state index in [1.54, 1.807) is 54.7 Å². The van der Waals surface area contributed by atoms with Gasteiger partial charge in [-0.15, -0.1) is 11.8 Å². The second-order valence-corrected chi connectivity index (χ2v) is 11.4. The van der Waals surface area contributed by atoms with Gasteiger partial charge in [-0.25, -0.2) is 14.7 Å². The van der Waals surface area contributed by atoms with Crippen molar-refractivity contribution < 1.29 is 34.1 Å². The van der Waals surface area contributed by atoms with E-state index in [1.807, 2.05) is 37.3 Å². The number of amides is 2. The topological polar surface area (TPSA) is 126 Å². The number of aromatic nitrogens is 1. The number of carbonyl (C=O) groups excluding carboxylic acids is 2. The predicted octanol–water partition coefficient (Wildman–Crippen LogP) is 5.66. The number of aromatic carboxylic acids is 1. The largest absolute Gasteiger partial charge is 0.478 e. The second-order valence-electron chi connectivity index (χ2n) is 10.4. The Labute approximate surface area is 252 Å². The molecule has 2 aliphatic heterocycles. The fourth-order valence-electron chi connectivity index (χ4n) is 5.37. The Morgan fingerprint density at radius 2 is 1.63 bits per heavy atom. The van der Waals surface area contributed by atoms with E-state index in [0.717, 1.165) is 16.0 Å². The fourth-order valence-corrected chi connectivity index (χ4v) is 6.52. The molecule has 1 aromatic heterocycles. The summed E-state index contributed by atoms with van der Waals surface area (Å²) in [5.41, 5.74) is 3.53. The quantitative estimate of drug-likeness (QED) is 0.196. The van der Waals surface area contributed by atoms with E-state index in [0.29, 0.717) is 33.2 Å². The third-order valence-electron chi connectivity index (χ3n) is 7.70. The number of carboxylic acids is 1. The number of imide groups is 1. The number of fused-ring (bicyclic) bond motifs is 1. The Morgan fingerprint density at radius 1 is 0.907 bits per heavy atom. The standard InChI is InChI=1S/C33H28N2O7S/c1-19-27(18-43-29-26(32(39)40)10-5-15-34-29)41-33(42-28(19)21-13-11-20(17-36)12-14-21)22-6-4-7-23(16-22)35-30(37)24-8-2-3-9-25(24)31(35)38/h2-16,19,27-28,33,36H,17-18H2,1H3,(H,39,40)/t19-,27+,28+,33+/m1/s1. The molecule has 218 valence electrons. The molecule has 10 heteroatoms. The van der Waals surface area contributed by atoms with Gasteiger partial charge in [0.05, 0.1) is 41.2 Å². The van der Waals surface area contributed by atoms with Gasteiger partial charge < -0.3 is 19.7 Å². The summed E-state index contributed by atoms with van der Waals surface area (Å²) >= 11 is 1.30. The van der Waals surface area contributed by atoms with Crippen LogP contribution in [0.2, 0.25) is 0 Å². The van der Waals surface area contributed by atoms with Crippen LogP contribution in [-0.4, -0.2) is 44.8 Å². The molecule has 2 amide bonds. The van der Waals surface area contributed by atoms with Gasteiger partial charge in [0.1, 0.15) is 5.03 Å². The number of rotatable bonds is 8. The third kappa shape index (κ3) is 5.57. The number of ether oxygens (including phenoxy) is 2. The Kier molecular flexibility index (Phi) is 8.09. The first kappa shape index (κ1) is 28.8. The van der Waals surface area contributed by atoms with Crippen molar-refractivity contribution in [3.8, 4) is 0 Å². The van der Waals surface area contributed by atoms with Crippen LogP contribution in [0.3, 0.4) is 0 Å². The number of thioether (sulfide) groups is 1. The summed E-state index contributed by atoms with van der Waals surface area (Å²) in [6.07, 6.45) is -0.0648. The molecule has 0 unspecified atom stereocenters. The molecule has 3 aromatic carbocycles. The summed E-state index contributed by atoms with van der Waals surface area (Å²) in [6, 6.07) is 24.3. The normalized spacial score (nSPS) is 21.6. The van der Waals surface area contributed by atoms with Crippen LogP contribution in [0.15, 0.2) is 96.2 Å². The number of aliphatic hydroxyl groups is 1. The van der Waals surface area contributed by atoms with Crippen LogP contribution in [0.25, 0.3) is 0 Å². The van der Waals surface area contributed by atoms with Crippen LogP contribution in [0.1, 0.15) is 67.1 Å². The first-order valence-electron chi connectivity index (χ1n) is 13.7. The molecule has 0 saturated carbocycles. The van der Waals surface area contributed by atoms with E-state index in [4.69, 9.17) is 9.47 Å². The van der Waals surface area contributed by atoms with Gasteiger partial charge in [0.2, 0.25) is 0 Å². The summed E-state index contributed by atoms with van der Waals surface area (Å²) in [4.78, 5) is 43.5. The van der Waals surface area contributed by atoms with Crippen LogP contribution in [-0.2, 0) is 16.1 Å². The Morgan fingerprint density at radius 3 is 2.30 bits per heavy atom. The lowest BCUT2D eigenvalue weighted by molar-refractivity contribution is -0.268. The molecule has 3 heterocycles. The van der Waals surface area contributed by atoms with Crippen molar-refractivity contribution in [1.29, 1.82) is 0 Å². The van der Waals surface area contributed by atoms with E-state index < -0.39 is 30.2 Å². The molecule has 4 atom stereocenters. The van der Waals surface area contributed by atoms with Gasteiger partial charge in [-0.1, -0.05) is 55.5 Å². The average Bonchev–Trinajstić information content (AvgIpc) is 3.30. The van der Waals surface area contributed by atoms with Gasteiger partial charge in [0.15, 0.2) is 6.29 Å². The van der Waals surface area contributed by atoms with E-state index in [1.165, 1.54) is 17.8 Å². The summed E-state index contributed by atoms with van der Waals surface area (Å²) in [5.74, 6) is -1.57. The maximum atomic E-state index is 13.1. The van der Waals surface area contributed by atoms with Crippen molar-refractivity contribution in [2.24, 2.45) is 5.92 Å². The molecule has 9 nitrogen and oxygen atoms in total. The molecule has 1 fully saturated rings. The van der Waals surface area contributed by atoms with Gasteiger partial charge in [0, 0.05) is 23.4 Å². The predicted molar refractivity (Wildman–Crippen MR) is 159 cm³/mol. The Balaban J connectivity index is 1.31. The maximum Gasteiger partial charge on any atom is 0.338 e. The van der Waals surface area contributed by atoms with Gasteiger partial charge in [-0.2, -0.15) is 0 Å². The van der Waals surface area contributed by atoms with Gasteiger partial charge in [-0.05, 0) is 47.5 Å². The van der Waals surface area contributed by atoms with Crippen molar-refractivity contribution >= 4 is 35.2 Å².